The van der Waals surface area contributed by atoms with E-state index in [1.165, 1.54) is 0 Å². The number of nitrogens with zero attached hydrogens (tertiary/aromatic N) is 1. The summed E-state index contributed by atoms with van der Waals surface area (Å²) in [6.45, 7) is 3.22. The first-order valence-corrected chi connectivity index (χ1v) is 8.58. The summed E-state index contributed by atoms with van der Waals surface area (Å²) in [5, 5.41) is 5.91. The van der Waals surface area contributed by atoms with E-state index in [1.807, 2.05) is 25.1 Å². The molecule has 6 nitrogen and oxygen atoms in total. The molecule has 3 rings (SSSR count). The molecule has 0 aromatic heterocycles. The van der Waals surface area contributed by atoms with Crippen LogP contribution in [0.2, 0.25) is 0 Å². The topological polar surface area (TPSA) is 70.7 Å². The normalized spacial score (nSPS) is 23.9. The lowest BCUT2D eigenvalue weighted by atomic mass is 9.92. The predicted octanol–water partition coefficient (Wildman–Crippen LogP) is 2.21. The summed E-state index contributed by atoms with van der Waals surface area (Å²) < 4.78 is 5.37. The van der Waals surface area contributed by atoms with Crippen LogP contribution in [0.15, 0.2) is 18.2 Å². The van der Waals surface area contributed by atoms with E-state index >= 15 is 0 Å². The molecule has 1 saturated heterocycles. The van der Waals surface area contributed by atoms with Gasteiger partial charge < -0.3 is 15.4 Å². The molecule has 1 aliphatic carbocycles. The molecule has 1 heterocycles. The second kappa shape index (κ2) is 7.21. The number of nitrogens with one attached hydrogen (secondary N) is 2. The minimum Gasteiger partial charge on any atom is -0.381 e. The van der Waals surface area contributed by atoms with Gasteiger partial charge in [0.1, 0.15) is 0 Å². The van der Waals surface area contributed by atoms with Gasteiger partial charge in [0, 0.05) is 37.5 Å². The number of benzene rings is 1. The summed E-state index contributed by atoms with van der Waals surface area (Å²) >= 11 is 0. The van der Waals surface area contributed by atoms with Gasteiger partial charge in [-0.05, 0) is 50.3 Å². The molecule has 1 saturated carbocycles. The van der Waals surface area contributed by atoms with Crippen molar-refractivity contribution in [2.45, 2.75) is 44.8 Å². The predicted molar refractivity (Wildman–Crippen MR) is 92.4 cm³/mol. The van der Waals surface area contributed by atoms with Crippen molar-refractivity contribution in [3.63, 3.8) is 0 Å². The Labute approximate surface area is 142 Å². The summed E-state index contributed by atoms with van der Waals surface area (Å²) in [6, 6.07) is 5.63. The van der Waals surface area contributed by atoms with E-state index in [0.29, 0.717) is 24.8 Å². The number of methoxy groups -OCH3 is 1. The van der Waals surface area contributed by atoms with Crippen LogP contribution in [0, 0.1) is 6.92 Å². The van der Waals surface area contributed by atoms with Crippen LogP contribution in [0.25, 0.3) is 0 Å². The zero-order chi connectivity index (χ0) is 17.1. The Bertz CT molecular complexity index is 624. The van der Waals surface area contributed by atoms with Crippen molar-refractivity contribution in [1.82, 2.24) is 10.6 Å². The molecule has 3 amide bonds. The van der Waals surface area contributed by atoms with Gasteiger partial charge in [-0.2, -0.15) is 0 Å². The molecule has 130 valence electrons. The highest BCUT2D eigenvalue weighted by Crippen LogP contribution is 2.24. The first-order valence-electron chi connectivity index (χ1n) is 8.58. The number of amides is 3. The summed E-state index contributed by atoms with van der Waals surface area (Å²) in [5.41, 5.74) is 2.40. The first kappa shape index (κ1) is 16.8. The Morgan fingerprint density at radius 3 is 2.67 bits per heavy atom. The van der Waals surface area contributed by atoms with Crippen molar-refractivity contribution in [3.8, 4) is 0 Å². The second-order valence-electron chi connectivity index (χ2n) is 6.57. The molecule has 2 fully saturated rings. The number of ether oxygens (including phenoxy) is 1. The van der Waals surface area contributed by atoms with Crippen LogP contribution in [0.4, 0.5) is 10.5 Å². The zero-order valence-corrected chi connectivity index (χ0v) is 14.3. The maximum absolute atomic E-state index is 12.6. The maximum Gasteiger partial charge on any atom is 0.322 e. The second-order valence-corrected chi connectivity index (χ2v) is 6.57. The van der Waals surface area contributed by atoms with E-state index in [2.05, 4.69) is 10.6 Å². The SMILES string of the molecule is COC1CCC(NC(=O)c2ccc(C)c(N3CCNC3=O)c2)CC1. The number of urea groups is 1. The third-order valence-corrected chi connectivity index (χ3v) is 4.96. The van der Waals surface area contributed by atoms with Gasteiger partial charge in [0.25, 0.3) is 5.91 Å². The molecule has 0 spiro atoms. The van der Waals surface area contributed by atoms with Crippen molar-refractivity contribution < 1.29 is 14.3 Å². The lowest BCUT2D eigenvalue weighted by Crippen LogP contribution is -2.39. The summed E-state index contributed by atoms with van der Waals surface area (Å²) in [6.07, 6.45) is 4.16. The van der Waals surface area contributed by atoms with Gasteiger partial charge in [-0.25, -0.2) is 4.79 Å². The maximum atomic E-state index is 12.6. The Kier molecular flexibility index (Phi) is 5.04. The lowest BCUT2D eigenvalue weighted by Gasteiger charge is -2.28. The molecule has 0 unspecified atom stereocenters. The first-order chi connectivity index (χ1) is 11.6. The van der Waals surface area contributed by atoms with Crippen LogP contribution >= 0.6 is 0 Å². The largest absolute Gasteiger partial charge is 0.381 e. The third kappa shape index (κ3) is 3.53. The highest BCUT2D eigenvalue weighted by atomic mass is 16.5. The molecule has 6 heteroatoms. The van der Waals surface area contributed by atoms with Crippen molar-refractivity contribution in [1.29, 1.82) is 0 Å². The van der Waals surface area contributed by atoms with Gasteiger partial charge in [0.15, 0.2) is 0 Å². The lowest BCUT2D eigenvalue weighted by molar-refractivity contribution is 0.0599. The monoisotopic (exact) mass is 331 g/mol. The van der Waals surface area contributed by atoms with Crippen molar-refractivity contribution in [2.24, 2.45) is 0 Å². The quantitative estimate of drug-likeness (QED) is 0.889. The minimum atomic E-state index is -0.103. The van der Waals surface area contributed by atoms with Crippen LogP contribution in [-0.2, 0) is 4.74 Å². The molecule has 0 bridgehead atoms. The average molecular weight is 331 g/mol. The zero-order valence-electron chi connectivity index (χ0n) is 14.3. The van der Waals surface area contributed by atoms with E-state index in [1.54, 1.807) is 12.0 Å². The Morgan fingerprint density at radius 2 is 2.04 bits per heavy atom. The molecular weight excluding hydrogens is 306 g/mol. The molecule has 24 heavy (non-hydrogen) atoms. The number of aryl methyl sites for hydroxylation is 1. The van der Waals surface area contributed by atoms with Gasteiger partial charge in [-0.3, -0.25) is 9.69 Å². The average Bonchev–Trinajstić information content (AvgIpc) is 3.02. The summed E-state index contributed by atoms with van der Waals surface area (Å²) in [7, 11) is 1.74. The number of anilines is 1. The molecule has 1 aliphatic heterocycles. The highest BCUT2D eigenvalue weighted by molar-refractivity contribution is 5.99. The molecular formula is C18H25N3O3. The fourth-order valence-electron chi connectivity index (χ4n) is 3.45. The van der Waals surface area contributed by atoms with E-state index in [-0.39, 0.29) is 18.0 Å². The Balaban J connectivity index is 1.68. The van der Waals surface area contributed by atoms with Gasteiger partial charge in [0.05, 0.1) is 6.10 Å². The fraction of sp³-hybridized carbons (Fsp3) is 0.556. The standard InChI is InChI=1S/C18H25N3O3/c1-12-3-4-13(11-16(12)21-10-9-19-18(21)23)17(22)20-14-5-7-15(24-2)8-6-14/h3-4,11,14-15H,5-10H2,1-2H3,(H,19,23)(H,20,22). The highest BCUT2D eigenvalue weighted by Gasteiger charge is 2.25. The van der Waals surface area contributed by atoms with E-state index in [4.69, 9.17) is 4.74 Å². The number of carbonyl (C=O) groups excluding carboxylic acids is 2. The smallest absolute Gasteiger partial charge is 0.322 e. The minimum absolute atomic E-state index is 0.0725. The summed E-state index contributed by atoms with van der Waals surface area (Å²) in [5.74, 6) is -0.0725. The number of carbonyl (C=O) groups is 2. The fourth-order valence-corrected chi connectivity index (χ4v) is 3.45. The van der Waals surface area contributed by atoms with Gasteiger partial charge >= 0.3 is 6.03 Å². The molecule has 1 aromatic carbocycles. The Hall–Kier alpha value is -2.08. The number of hydrogen-bond acceptors (Lipinski definition) is 3. The van der Waals surface area contributed by atoms with E-state index in [0.717, 1.165) is 36.9 Å². The Morgan fingerprint density at radius 1 is 1.29 bits per heavy atom. The van der Waals surface area contributed by atoms with Crippen LogP contribution in [-0.4, -0.2) is 44.3 Å². The van der Waals surface area contributed by atoms with Gasteiger partial charge in [0.2, 0.25) is 0 Å². The van der Waals surface area contributed by atoms with Crippen LogP contribution < -0.4 is 15.5 Å². The van der Waals surface area contributed by atoms with Crippen LogP contribution in [0.3, 0.4) is 0 Å². The molecule has 2 N–H and O–H groups in total. The number of rotatable bonds is 4. The summed E-state index contributed by atoms with van der Waals surface area (Å²) in [4.78, 5) is 26.1. The van der Waals surface area contributed by atoms with Crippen LogP contribution in [0.1, 0.15) is 41.6 Å². The molecule has 2 aliphatic rings. The molecule has 0 radical (unpaired) electrons. The van der Waals surface area contributed by atoms with Crippen molar-refractivity contribution in [2.75, 3.05) is 25.1 Å². The van der Waals surface area contributed by atoms with E-state index < -0.39 is 0 Å². The molecule has 1 aromatic rings. The van der Waals surface area contributed by atoms with Crippen molar-refractivity contribution in [3.05, 3.63) is 29.3 Å². The van der Waals surface area contributed by atoms with Crippen LogP contribution in [0.5, 0.6) is 0 Å². The third-order valence-electron chi connectivity index (χ3n) is 4.96. The van der Waals surface area contributed by atoms with Crippen molar-refractivity contribution >= 4 is 17.6 Å². The van der Waals surface area contributed by atoms with Gasteiger partial charge in [-0.15, -0.1) is 0 Å². The van der Waals surface area contributed by atoms with E-state index in [9.17, 15) is 9.59 Å². The molecule has 0 atom stereocenters. The number of hydrogen-bond donors (Lipinski definition) is 2. The van der Waals surface area contributed by atoms with Gasteiger partial charge in [-0.1, -0.05) is 6.07 Å².